The standard InChI is InChI=1S/C38H48N6O8/c1-3-50-35(46)30-9-6-15-43(30)27-11-16-41(17-12-27)34(45)32(23-25-21-24(2)33-31(22-25)51-37(48)40-33)52-38(49)42-18-13-28(14-19-42)44-20-10-26-7-4-5-8-29(26)39-36(44)47/h4-5,7-8,21-22,27-28,30,32H,3,6,9-20,23H2,1-2H3,(H,39,47)(H,40,48). The topological polar surface area (TPSA) is 158 Å². The number of rotatable bonds is 8. The van der Waals surface area contributed by atoms with E-state index in [2.05, 4.69) is 15.2 Å². The highest BCUT2D eigenvalue weighted by Crippen LogP contribution is 2.29. The lowest BCUT2D eigenvalue weighted by molar-refractivity contribution is -0.150. The number of hydrogen-bond donors (Lipinski definition) is 2. The third-order valence-corrected chi connectivity index (χ3v) is 11.1. The van der Waals surface area contributed by atoms with E-state index in [1.54, 1.807) is 15.9 Å². The monoisotopic (exact) mass is 716 g/mol. The predicted molar refractivity (Wildman–Crippen MR) is 192 cm³/mol. The number of para-hydroxylation sites is 1. The number of anilines is 1. The van der Waals surface area contributed by atoms with Crippen molar-refractivity contribution in [2.75, 3.05) is 51.2 Å². The normalized spacial score (nSPS) is 21.1. The first-order valence-electron chi connectivity index (χ1n) is 18.6. The minimum atomic E-state index is -1.10. The SMILES string of the molecule is CCOC(=O)C1CCCN1C1CCN(C(=O)C(Cc2cc(C)c3[nH]c(=O)oc3c2)OC(=O)N2CCC(N3CCc4ccccc4NC3=O)CC2)CC1. The first-order chi connectivity index (χ1) is 25.2. The van der Waals surface area contributed by atoms with Gasteiger partial charge in [0.25, 0.3) is 5.91 Å². The minimum Gasteiger partial charge on any atom is -0.465 e. The molecule has 3 fully saturated rings. The van der Waals surface area contributed by atoms with E-state index in [4.69, 9.17) is 13.9 Å². The van der Waals surface area contributed by atoms with Gasteiger partial charge in [0.2, 0.25) is 0 Å². The van der Waals surface area contributed by atoms with E-state index in [1.165, 1.54) is 0 Å². The summed E-state index contributed by atoms with van der Waals surface area (Å²) in [5.41, 5.74) is 4.38. The van der Waals surface area contributed by atoms with Crippen LogP contribution in [0.2, 0.25) is 0 Å². The molecular formula is C38H48N6O8. The zero-order chi connectivity index (χ0) is 36.4. The van der Waals surface area contributed by atoms with Crippen molar-refractivity contribution in [1.29, 1.82) is 0 Å². The second-order valence-corrected chi connectivity index (χ2v) is 14.3. The van der Waals surface area contributed by atoms with Crippen molar-refractivity contribution in [3.05, 3.63) is 63.6 Å². The van der Waals surface area contributed by atoms with Gasteiger partial charge in [-0.25, -0.2) is 14.4 Å². The summed E-state index contributed by atoms with van der Waals surface area (Å²) in [6.45, 7) is 7.16. The Morgan fingerprint density at radius 2 is 1.65 bits per heavy atom. The average molecular weight is 717 g/mol. The van der Waals surface area contributed by atoms with Gasteiger partial charge in [-0.2, -0.15) is 0 Å². The van der Waals surface area contributed by atoms with Gasteiger partial charge in [-0.15, -0.1) is 0 Å². The van der Waals surface area contributed by atoms with Crippen molar-refractivity contribution in [3.8, 4) is 0 Å². The van der Waals surface area contributed by atoms with Crippen LogP contribution in [0, 0.1) is 6.92 Å². The Balaban J connectivity index is 1.01. The minimum absolute atomic E-state index is 0.0261. The number of fused-ring (bicyclic) bond motifs is 2. The third-order valence-electron chi connectivity index (χ3n) is 11.1. The highest BCUT2D eigenvalue weighted by atomic mass is 16.6. The summed E-state index contributed by atoms with van der Waals surface area (Å²) < 4.78 is 16.7. The molecule has 5 heterocycles. The zero-order valence-electron chi connectivity index (χ0n) is 29.9. The lowest BCUT2D eigenvalue weighted by atomic mass is 9.99. The highest BCUT2D eigenvalue weighted by molar-refractivity contribution is 5.91. The second-order valence-electron chi connectivity index (χ2n) is 14.3. The van der Waals surface area contributed by atoms with E-state index in [-0.39, 0.29) is 42.5 Å². The van der Waals surface area contributed by atoms with Crippen LogP contribution in [0.5, 0.6) is 0 Å². The molecule has 0 spiro atoms. The molecular weight excluding hydrogens is 668 g/mol. The number of H-pyrrole nitrogens is 1. The molecule has 7 rings (SSSR count). The number of oxazole rings is 1. The molecule has 0 bridgehead atoms. The molecule has 0 radical (unpaired) electrons. The molecule has 4 amide bonds. The molecule has 0 saturated carbocycles. The van der Waals surface area contributed by atoms with Crippen molar-refractivity contribution in [2.24, 2.45) is 0 Å². The molecule has 278 valence electrons. The van der Waals surface area contributed by atoms with Crippen LogP contribution in [0.3, 0.4) is 0 Å². The van der Waals surface area contributed by atoms with Crippen LogP contribution in [-0.2, 0) is 31.9 Å². The van der Waals surface area contributed by atoms with Gasteiger partial charge in [-0.1, -0.05) is 24.3 Å². The van der Waals surface area contributed by atoms with Gasteiger partial charge < -0.3 is 33.9 Å². The number of urea groups is 1. The van der Waals surface area contributed by atoms with Crippen molar-refractivity contribution >= 4 is 40.8 Å². The number of aromatic nitrogens is 1. The lowest BCUT2D eigenvalue weighted by Gasteiger charge is -2.40. The summed E-state index contributed by atoms with van der Waals surface area (Å²) >= 11 is 0. The van der Waals surface area contributed by atoms with Gasteiger partial charge in [0, 0.05) is 56.9 Å². The first kappa shape index (κ1) is 35.5. The summed E-state index contributed by atoms with van der Waals surface area (Å²) in [5, 5.41) is 3.03. The Hall–Kier alpha value is -4.85. The van der Waals surface area contributed by atoms with E-state index >= 15 is 0 Å². The molecule has 3 saturated heterocycles. The Morgan fingerprint density at radius 1 is 0.923 bits per heavy atom. The van der Waals surface area contributed by atoms with E-state index in [9.17, 15) is 24.0 Å². The fourth-order valence-corrected chi connectivity index (χ4v) is 8.44. The molecule has 2 atom stereocenters. The van der Waals surface area contributed by atoms with E-state index < -0.39 is 18.0 Å². The Morgan fingerprint density at radius 3 is 2.42 bits per heavy atom. The second kappa shape index (κ2) is 15.4. The Kier molecular flexibility index (Phi) is 10.5. The van der Waals surface area contributed by atoms with Crippen LogP contribution in [0.15, 0.2) is 45.6 Å². The molecule has 0 aliphatic carbocycles. The van der Waals surface area contributed by atoms with Gasteiger partial charge >= 0.3 is 23.8 Å². The maximum atomic E-state index is 14.2. The third kappa shape index (κ3) is 7.52. The van der Waals surface area contributed by atoms with Crippen molar-refractivity contribution < 1.29 is 33.1 Å². The quantitative estimate of drug-likeness (QED) is 0.328. The molecule has 3 aromatic rings. The molecule has 2 unspecified atom stereocenters. The summed E-state index contributed by atoms with van der Waals surface area (Å²) in [6, 6.07) is 11.2. The fourth-order valence-electron chi connectivity index (χ4n) is 8.44. The number of carbonyl (C=O) groups excluding carboxylic acids is 4. The zero-order valence-corrected chi connectivity index (χ0v) is 29.9. The van der Waals surface area contributed by atoms with Crippen LogP contribution in [0.25, 0.3) is 11.1 Å². The number of hydrogen-bond acceptors (Lipinski definition) is 9. The number of nitrogens with zero attached hydrogens (tertiary/aromatic N) is 4. The number of aromatic amines is 1. The van der Waals surface area contributed by atoms with Gasteiger partial charge in [0.1, 0.15) is 6.04 Å². The Bertz CT molecular complexity index is 1860. The number of amides is 4. The van der Waals surface area contributed by atoms with Crippen LogP contribution >= 0.6 is 0 Å². The van der Waals surface area contributed by atoms with Crippen molar-refractivity contribution in [2.45, 2.75) is 89.4 Å². The maximum absolute atomic E-state index is 14.2. The number of ether oxygens (including phenoxy) is 2. The molecule has 14 heteroatoms. The fraction of sp³-hybridized carbons (Fsp3) is 0.553. The number of nitrogens with one attached hydrogen (secondary N) is 2. The molecule has 4 aliphatic rings. The number of benzene rings is 2. The smallest absolute Gasteiger partial charge is 0.417 e. The number of aryl methyl sites for hydroxylation is 1. The molecule has 52 heavy (non-hydrogen) atoms. The predicted octanol–water partition coefficient (Wildman–Crippen LogP) is 4.05. The van der Waals surface area contributed by atoms with Crippen molar-refractivity contribution in [1.82, 2.24) is 24.6 Å². The van der Waals surface area contributed by atoms with Crippen LogP contribution < -0.4 is 11.1 Å². The number of esters is 1. The van der Waals surface area contributed by atoms with Crippen LogP contribution in [0.1, 0.15) is 62.1 Å². The summed E-state index contributed by atoms with van der Waals surface area (Å²) in [7, 11) is 0. The summed E-state index contributed by atoms with van der Waals surface area (Å²) in [4.78, 5) is 75.8. The first-order valence-corrected chi connectivity index (χ1v) is 18.6. The number of piperidine rings is 2. The van der Waals surface area contributed by atoms with Gasteiger partial charge in [-0.05, 0) is 94.2 Å². The number of likely N-dealkylation sites (tertiary alicyclic amines) is 3. The number of carbonyl (C=O) groups is 4. The van der Waals surface area contributed by atoms with Crippen LogP contribution in [0.4, 0.5) is 15.3 Å². The molecule has 14 nitrogen and oxygen atoms in total. The van der Waals surface area contributed by atoms with E-state index in [0.717, 1.165) is 42.6 Å². The van der Waals surface area contributed by atoms with Gasteiger partial charge in [0.15, 0.2) is 11.7 Å². The van der Waals surface area contributed by atoms with Crippen molar-refractivity contribution in [3.63, 3.8) is 0 Å². The van der Waals surface area contributed by atoms with Gasteiger partial charge in [0.05, 0.1) is 12.1 Å². The lowest BCUT2D eigenvalue weighted by Crippen LogP contribution is -2.53. The Labute approximate surface area is 302 Å². The van der Waals surface area contributed by atoms with E-state index in [0.29, 0.717) is 81.7 Å². The highest BCUT2D eigenvalue weighted by Gasteiger charge is 2.40. The summed E-state index contributed by atoms with van der Waals surface area (Å²) in [5.74, 6) is -1.02. The van der Waals surface area contributed by atoms with Gasteiger partial charge in [-0.3, -0.25) is 19.5 Å². The van der Waals surface area contributed by atoms with Crippen LogP contribution in [-0.4, -0.2) is 119 Å². The largest absolute Gasteiger partial charge is 0.465 e. The molecule has 4 aliphatic heterocycles. The van der Waals surface area contributed by atoms with E-state index in [1.807, 2.05) is 49.1 Å². The average Bonchev–Trinajstić information content (AvgIpc) is 3.75. The molecule has 2 aromatic carbocycles. The molecule has 2 N–H and O–H groups in total. The molecule has 1 aromatic heterocycles. The maximum Gasteiger partial charge on any atom is 0.417 e. The summed E-state index contributed by atoms with van der Waals surface area (Å²) in [6.07, 6.45) is 3.48.